The number of hydrogen-bond donors (Lipinski definition) is 2. The lowest BCUT2D eigenvalue weighted by atomic mass is 9.85. The van der Waals surface area contributed by atoms with Crippen LogP contribution < -0.4 is 10.6 Å². The maximum Gasteiger partial charge on any atom is 0.233 e. The first-order valence-corrected chi connectivity index (χ1v) is 6.09. The number of hydrogen-bond acceptors (Lipinski definition) is 2. The Morgan fingerprint density at radius 1 is 1.24 bits per heavy atom. The number of carbonyl (C=O) groups is 1. The van der Waals surface area contributed by atoms with Crippen molar-refractivity contribution in [3.8, 4) is 0 Å². The summed E-state index contributed by atoms with van der Waals surface area (Å²) in [5.74, 6) is 0.0522. The van der Waals surface area contributed by atoms with E-state index in [0.717, 1.165) is 6.54 Å². The van der Waals surface area contributed by atoms with E-state index in [9.17, 15) is 4.79 Å². The fourth-order valence-corrected chi connectivity index (χ4v) is 1.74. The Bertz CT molecular complexity index is 346. The number of carbonyl (C=O) groups excluding carboxylic acids is 1. The lowest BCUT2D eigenvalue weighted by Gasteiger charge is -2.25. The van der Waals surface area contributed by atoms with E-state index in [4.69, 9.17) is 0 Å². The molecule has 94 valence electrons. The second kappa shape index (κ2) is 6.40. The van der Waals surface area contributed by atoms with Gasteiger partial charge in [0.15, 0.2) is 0 Å². The molecular weight excluding hydrogens is 212 g/mol. The van der Waals surface area contributed by atoms with Crippen LogP contribution in [0.2, 0.25) is 0 Å². The third-order valence-corrected chi connectivity index (χ3v) is 2.78. The predicted molar refractivity (Wildman–Crippen MR) is 71.0 cm³/mol. The van der Waals surface area contributed by atoms with E-state index in [2.05, 4.69) is 36.6 Å². The maximum absolute atomic E-state index is 11.3. The molecule has 0 bridgehead atoms. The minimum absolute atomic E-state index is 0.0355. The Kier molecular flexibility index (Phi) is 5.16. The SMILES string of the molecule is CCNC(=O)CNCC(C)(C)c1ccccc1. The molecular formula is C14H22N2O. The third kappa shape index (κ3) is 4.57. The zero-order valence-electron chi connectivity index (χ0n) is 10.9. The normalized spacial score (nSPS) is 11.2. The molecule has 17 heavy (non-hydrogen) atoms. The van der Waals surface area contributed by atoms with Gasteiger partial charge in [-0.25, -0.2) is 0 Å². The smallest absolute Gasteiger partial charge is 0.233 e. The molecule has 0 saturated carbocycles. The molecule has 3 nitrogen and oxygen atoms in total. The minimum Gasteiger partial charge on any atom is -0.355 e. The highest BCUT2D eigenvalue weighted by Crippen LogP contribution is 2.21. The molecule has 1 amide bonds. The largest absolute Gasteiger partial charge is 0.355 e. The average Bonchev–Trinajstić information content (AvgIpc) is 2.30. The average molecular weight is 234 g/mol. The van der Waals surface area contributed by atoms with Gasteiger partial charge >= 0.3 is 0 Å². The van der Waals surface area contributed by atoms with Gasteiger partial charge in [-0.15, -0.1) is 0 Å². The monoisotopic (exact) mass is 234 g/mol. The van der Waals surface area contributed by atoms with Gasteiger partial charge in [0.2, 0.25) is 5.91 Å². The second-order valence-electron chi connectivity index (χ2n) is 4.81. The lowest BCUT2D eigenvalue weighted by Crippen LogP contribution is -2.39. The quantitative estimate of drug-likeness (QED) is 0.786. The topological polar surface area (TPSA) is 41.1 Å². The lowest BCUT2D eigenvalue weighted by molar-refractivity contribution is -0.120. The van der Waals surface area contributed by atoms with Gasteiger partial charge in [-0.1, -0.05) is 44.2 Å². The van der Waals surface area contributed by atoms with Gasteiger partial charge in [0.25, 0.3) is 0 Å². The fraction of sp³-hybridized carbons (Fsp3) is 0.500. The van der Waals surface area contributed by atoms with Crippen LogP contribution in [-0.4, -0.2) is 25.5 Å². The van der Waals surface area contributed by atoms with Gasteiger partial charge in [-0.05, 0) is 12.5 Å². The molecule has 0 aliphatic heterocycles. The maximum atomic E-state index is 11.3. The van der Waals surface area contributed by atoms with Crippen molar-refractivity contribution in [2.45, 2.75) is 26.2 Å². The summed E-state index contributed by atoms with van der Waals surface area (Å²) in [6, 6.07) is 10.3. The second-order valence-corrected chi connectivity index (χ2v) is 4.81. The Morgan fingerprint density at radius 3 is 2.47 bits per heavy atom. The van der Waals surface area contributed by atoms with E-state index in [1.165, 1.54) is 5.56 Å². The number of benzene rings is 1. The van der Waals surface area contributed by atoms with Crippen LogP contribution in [0, 0.1) is 0 Å². The zero-order valence-corrected chi connectivity index (χ0v) is 10.9. The van der Waals surface area contributed by atoms with Gasteiger partial charge in [0.05, 0.1) is 6.54 Å². The van der Waals surface area contributed by atoms with Gasteiger partial charge in [-0.3, -0.25) is 4.79 Å². The third-order valence-electron chi connectivity index (χ3n) is 2.78. The van der Waals surface area contributed by atoms with Crippen molar-refractivity contribution in [1.82, 2.24) is 10.6 Å². The van der Waals surface area contributed by atoms with Crippen LogP contribution in [0.25, 0.3) is 0 Å². The highest BCUT2D eigenvalue weighted by atomic mass is 16.1. The van der Waals surface area contributed by atoms with Crippen LogP contribution in [0.3, 0.4) is 0 Å². The Morgan fingerprint density at radius 2 is 1.88 bits per heavy atom. The summed E-state index contributed by atoms with van der Waals surface area (Å²) in [6.45, 7) is 8.12. The van der Waals surface area contributed by atoms with E-state index in [1.807, 2.05) is 25.1 Å². The Hall–Kier alpha value is -1.35. The molecule has 0 fully saturated rings. The molecule has 1 aromatic rings. The summed E-state index contributed by atoms with van der Waals surface area (Å²) < 4.78 is 0. The number of rotatable bonds is 6. The van der Waals surface area contributed by atoms with Gasteiger partial charge in [0.1, 0.15) is 0 Å². The predicted octanol–water partition coefficient (Wildman–Crippen LogP) is 1.69. The van der Waals surface area contributed by atoms with Crippen LogP contribution in [-0.2, 0) is 10.2 Å². The molecule has 0 saturated heterocycles. The molecule has 0 unspecified atom stereocenters. The highest BCUT2D eigenvalue weighted by Gasteiger charge is 2.19. The molecule has 0 radical (unpaired) electrons. The Labute approximate surface area is 104 Å². The number of likely N-dealkylation sites (N-methyl/N-ethyl adjacent to an activating group) is 1. The van der Waals surface area contributed by atoms with Crippen LogP contribution in [0.4, 0.5) is 0 Å². The summed E-state index contributed by atoms with van der Waals surface area (Å²) in [5.41, 5.74) is 1.32. The van der Waals surface area contributed by atoms with Crippen molar-refractivity contribution in [3.63, 3.8) is 0 Å². The summed E-state index contributed by atoms with van der Waals surface area (Å²) >= 11 is 0. The molecule has 0 spiro atoms. The number of amides is 1. The van der Waals surface area contributed by atoms with Crippen molar-refractivity contribution in [2.24, 2.45) is 0 Å². The molecule has 0 aliphatic carbocycles. The van der Waals surface area contributed by atoms with E-state index < -0.39 is 0 Å². The van der Waals surface area contributed by atoms with Crippen molar-refractivity contribution >= 4 is 5.91 Å². The summed E-state index contributed by atoms with van der Waals surface area (Å²) in [6.07, 6.45) is 0. The van der Waals surface area contributed by atoms with Crippen molar-refractivity contribution in [1.29, 1.82) is 0 Å². The molecule has 0 aliphatic rings. The zero-order chi connectivity index (χ0) is 12.7. The molecule has 3 heteroatoms. The van der Waals surface area contributed by atoms with Crippen molar-refractivity contribution in [2.75, 3.05) is 19.6 Å². The van der Waals surface area contributed by atoms with Gasteiger partial charge < -0.3 is 10.6 Å². The standard InChI is InChI=1S/C14H22N2O/c1-4-16-13(17)10-15-11-14(2,3)12-8-6-5-7-9-12/h5-9,15H,4,10-11H2,1-3H3,(H,16,17). The van der Waals surface area contributed by atoms with Crippen molar-refractivity contribution < 1.29 is 4.79 Å². The van der Waals surface area contributed by atoms with Gasteiger partial charge in [-0.2, -0.15) is 0 Å². The van der Waals surface area contributed by atoms with Gasteiger partial charge in [0, 0.05) is 18.5 Å². The molecule has 0 heterocycles. The molecule has 2 N–H and O–H groups in total. The van der Waals surface area contributed by atoms with E-state index in [1.54, 1.807) is 0 Å². The van der Waals surface area contributed by atoms with Crippen LogP contribution in [0.15, 0.2) is 30.3 Å². The summed E-state index contributed by atoms with van der Waals surface area (Å²) in [5, 5.41) is 5.97. The van der Waals surface area contributed by atoms with Crippen LogP contribution in [0.1, 0.15) is 26.3 Å². The fourth-order valence-electron chi connectivity index (χ4n) is 1.74. The van der Waals surface area contributed by atoms with Crippen molar-refractivity contribution in [3.05, 3.63) is 35.9 Å². The van der Waals surface area contributed by atoms with Crippen LogP contribution in [0.5, 0.6) is 0 Å². The summed E-state index contributed by atoms with van der Waals surface area (Å²) in [4.78, 5) is 11.3. The highest BCUT2D eigenvalue weighted by molar-refractivity contribution is 5.77. The first-order chi connectivity index (χ1) is 8.06. The first-order valence-electron chi connectivity index (χ1n) is 6.09. The van der Waals surface area contributed by atoms with E-state index in [0.29, 0.717) is 13.1 Å². The molecule has 1 rings (SSSR count). The molecule has 1 aromatic carbocycles. The van der Waals surface area contributed by atoms with E-state index in [-0.39, 0.29) is 11.3 Å². The van der Waals surface area contributed by atoms with Crippen LogP contribution >= 0.6 is 0 Å². The van der Waals surface area contributed by atoms with E-state index >= 15 is 0 Å². The summed E-state index contributed by atoms with van der Waals surface area (Å²) in [7, 11) is 0. The minimum atomic E-state index is 0.0355. The number of nitrogens with one attached hydrogen (secondary N) is 2. The molecule has 0 atom stereocenters. The first kappa shape index (κ1) is 13.7. The Balaban J connectivity index is 2.43. The molecule has 0 aromatic heterocycles.